The lowest BCUT2D eigenvalue weighted by Gasteiger charge is -2.32. The summed E-state index contributed by atoms with van der Waals surface area (Å²) in [6.07, 6.45) is 0.377. The highest BCUT2D eigenvalue weighted by Gasteiger charge is 2.23. The van der Waals surface area contributed by atoms with Crippen LogP contribution in [0.25, 0.3) is 0 Å². The quantitative estimate of drug-likeness (QED) is 0.573. The Balaban J connectivity index is 2.18. The molecule has 0 saturated carbocycles. The Hall–Kier alpha value is -2.71. The first-order valence-electron chi connectivity index (χ1n) is 9.17. The number of hydrogen-bond acceptors (Lipinski definition) is 3. The van der Waals surface area contributed by atoms with Crippen LogP contribution < -0.4 is 10.6 Å². The lowest BCUT2D eigenvalue weighted by Crippen LogP contribution is -2.47. The minimum absolute atomic E-state index is 0.00149. The van der Waals surface area contributed by atoms with Crippen molar-refractivity contribution in [2.45, 2.75) is 32.9 Å². The molecule has 2 N–H and O–H groups in total. The monoisotopic (exact) mass is 395 g/mol. The van der Waals surface area contributed by atoms with Crippen LogP contribution in [-0.2, 0) is 22.6 Å². The van der Waals surface area contributed by atoms with Gasteiger partial charge in [-0.3, -0.25) is 9.59 Å². The van der Waals surface area contributed by atoms with Gasteiger partial charge in [0.1, 0.15) is 18.2 Å². The van der Waals surface area contributed by atoms with Crippen molar-refractivity contribution in [3.05, 3.63) is 34.9 Å². The van der Waals surface area contributed by atoms with Crippen LogP contribution >= 0.6 is 0 Å². The molecule has 154 valence electrons. The molecular weight excluding hydrogens is 368 g/mol. The molecule has 1 aromatic rings. The summed E-state index contributed by atoms with van der Waals surface area (Å²) in [5.41, 5.74) is 1.02. The van der Waals surface area contributed by atoms with E-state index in [0.717, 1.165) is 6.07 Å². The first-order chi connectivity index (χ1) is 13.2. The third-order valence-electron chi connectivity index (χ3n) is 4.26. The van der Waals surface area contributed by atoms with E-state index in [2.05, 4.69) is 15.6 Å². The molecule has 0 radical (unpaired) electrons. The fraction of sp³-hybridized carbons (Fsp3) is 0.526. The summed E-state index contributed by atoms with van der Waals surface area (Å²) in [6, 6.07) is 2.18. The third-order valence-corrected chi connectivity index (χ3v) is 4.26. The van der Waals surface area contributed by atoms with Gasteiger partial charge in [-0.2, -0.15) is 0 Å². The second-order valence-corrected chi connectivity index (χ2v) is 7.20. The van der Waals surface area contributed by atoms with Gasteiger partial charge in [-0.15, -0.1) is 0 Å². The molecule has 0 aromatic heterocycles. The number of carbonyl (C=O) groups excluding carboxylic acids is 2. The number of aliphatic imine (C=N–C) groups is 1. The van der Waals surface area contributed by atoms with E-state index < -0.39 is 11.6 Å². The summed E-state index contributed by atoms with van der Waals surface area (Å²) in [5, 5.41) is 5.70. The lowest BCUT2D eigenvalue weighted by atomic mass is 9.99. The molecule has 2 amide bonds. The van der Waals surface area contributed by atoms with Crippen LogP contribution in [0.15, 0.2) is 17.1 Å². The number of benzene rings is 1. The topological polar surface area (TPSA) is 77.0 Å². The van der Waals surface area contributed by atoms with E-state index in [1.165, 1.54) is 11.0 Å². The minimum atomic E-state index is -0.636. The van der Waals surface area contributed by atoms with Gasteiger partial charge >= 0.3 is 0 Å². The Labute approximate surface area is 163 Å². The Morgan fingerprint density at radius 2 is 2.00 bits per heavy atom. The molecule has 0 bridgehead atoms. The maximum absolute atomic E-state index is 14.0. The zero-order chi connectivity index (χ0) is 20.8. The summed E-state index contributed by atoms with van der Waals surface area (Å²) in [4.78, 5) is 31.4. The fourth-order valence-corrected chi connectivity index (χ4v) is 2.88. The predicted molar refractivity (Wildman–Crippen MR) is 103 cm³/mol. The second kappa shape index (κ2) is 9.48. The molecule has 0 saturated heterocycles. The van der Waals surface area contributed by atoms with Crippen molar-refractivity contribution in [3.8, 4) is 0 Å². The van der Waals surface area contributed by atoms with E-state index in [9.17, 15) is 18.4 Å². The first kappa shape index (κ1) is 21.6. The average molecular weight is 395 g/mol. The van der Waals surface area contributed by atoms with Gasteiger partial charge in [0.2, 0.25) is 11.8 Å². The Morgan fingerprint density at radius 1 is 1.29 bits per heavy atom. The van der Waals surface area contributed by atoms with Gasteiger partial charge in [0, 0.05) is 39.3 Å². The predicted octanol–water partition coefficient (Wildman–Crippen LogP) is 0.881. The summed E-state index contributed by atoms with van der Waals surface area (Å²) in [7, 11) is 3.28. The van der Waals surface area contributed by atoms with Gasteiger partial charge in [0.15, 0.2) is 5.96 Å². The number of hydrogen-bond donors (Lipinski definition) is 2. The fourth-order valence-electron chi connectivity index (χ4n) is 2.88. The summed E-state index contributed by atoms with van der Waals surface area (Å²) >= 11 is 0. The van der Waals surface area contributed by atoms with Crippen molar-refractivity contribution >= 4 is 17.8 Å². The molecular formula is C19H27F2N5O2. The smallest absolute Gasteiger partial charge is 0.242 e. The van der Waals surface area contributed by atoms with E-state index in [4.69, 9.17) is 0 Å². The highest BCUT2D eigenvalue weighted by molar-refractivity contribution is 5.88. The zero-order valence-corrected chi connectivity index (χ0v) is 16.7. The van der Waals surface area contributed by atoms with Crippen molar-refractivity contribution in [2.24, 2.45) is 4.99 Å². The van der Waals surface area contributed by atoms with Gasteiger partial charge in [-0.25, -0.2) is 13.8 Å². The van der Waals surface area contributed by atoms with E-state index >= 15 is 0 Å². The van der Waals surface area contributed by atoms with Gasteiger partial charge in [0.05, 0.1) is 6.54 Å². The SMILES string of the molecule is CC(C)NC(=O)CN=C(NCC(=O)N(C)C)N1CCc2c(F)cc(F)cc2C1. The van der Waals surface area contributed by atoms with Gasteiger partial charge in [-0.05, 0) is 37.5 Å². The molecule has 28 heavy (non-hydrogen) atoms. The number of rotatable bonds is 5. The van der Waals surface area contributed by atoms with Crippen molar-refractivity contribution in [3.63, 3.8) is 0 Å². The van der Waals surface area contributed by atoms with Crippen LogP contribution in [0.1, 0.15) is 25.0 Å². The van der Waals surface area contributed by atoms with Crippen LogP contribution in [-0.4, -0.2) is 67.3 Å². The summed E-state index contributed by atoms with van der Waals surface area (Å²) < 4.78 is 27.6. The summed E-state index contributed by atoms with van der Waals surface area (Å²) in [5.74, 6) is -1.25. The number of amides is 2. The minimum Gasteiger partial charge on any atom is -0.352 e. The van der Waals surface area contributed by atoms with Crippen LogP contribution in [0, 0.1) is 11.6 Å². The van der Waals surface area contributed by atoms with E-state index in [-0.39, 0.29) is 37.5 Å². The standard InChI is InChI=1S/C19H27F2N5O2/c1-12(2)24-17(27)9-22-19(23-10-18(28)25(3)4)26-6-5-15-13(11-26)7-14(20)8-16(15)21/h7-8,12H,5-6,9-11H2,1-4H3,(H,22,23)(H,24,27). The van der Waals surface area contributed by atoms with Crippen molar-refractivity contribution in [1.29, 1.82) is 0 Å². The van der Waals surface area contributed by atoms with Crippen LogP contribution in [0.2, 0.25) is 0 Å². The molecule has 1 heterocycles. The normalized spacial score (nSPS) is 14.0. The number of carbonyl (C=O) groups is 2. The number of likely N-dealkylation sites (N-methyl/N-ethyl adjacent to an activating group) is 1. The Morgan fingerprint density at radius 3 is 2.64 bits per heavy atom. The van der Waals surface area contributed by atoms with E-state index in [1.54, 1.807) is 19.0 Å². The molecule has 0 unspecified atom stereocenters. The zero-order valence-electron chi connectivity index (χ0n) is 16.7. The molecule has 0 spiro atoms. The third kappa shape index (κ3) is 5.90. The molecule has 2 rings (SSSR count). The maximum atomic E-state index is 14.0. The molecule has 0 fully saturated rings. The number of fused-ring (bicyclic) bond motifs is 1. The molecule has 0 atom stereocenters. The highest BCUT2D eigenvalue weighted by Crippen LogP contribution is 2.23. The second-order valence-electron chi connectivity index (χ2n) is 7.20. The molecule has 0 aliphatic carbocycles. The van der Waals surface area contributed by atoms with Crippen LogP contribution in [0.3, 0.4) is 0 Å². The molecule has 1 aliphatic heterocycles. The molecule has 1 aliphatic rings. The van der Waals surface area contributed by atoms with Crippen molar-refractivity contribution in [1.82, 2.24) is 20.4 Å². The average Bonchev–Trinajstić information content (AvgIpc) is 2.60. The first-order valence-corrected chi connectivity index (χ1v) is 9.17. The van der Waals surface area contributed by atoms with Crippen molar-refractivity contribution in [2.75, 3.05) is 33.7 Å². The lowest BCUT2D eigenvalue weighted by molar-refractivity contribution is -0.127. The van der Waals surface area contributed by atoms with Crippen molar-refractivity contribution < 1.29 is 18.4 Å². The van der Waals surface area contributed by atoms with Crippen LogP contribution in [0.4, 0.5) is 8.78 Å². The number of halogens is 2. The molecule has 1 aromatic carbocycles. The maximum Gasteiger partial charge on any atom is 0.242 e. The Kier molecular flexibility index (Phi) is 7.31. The van der Waals surface area contributed by atoms with Gasteiger partial charge < -0.3 is 20.4 Å². The highest BCUT2D eigenvalue weighted by atomic mass is 19.1. The number of guanidine groups is 1. The van der Waals surface area contributed by atoms with E-state index in [1.807, 2.05) is 13.8 Å². The largest absolute Gasteiger partial charge is 0.352 e. The van der Waals surface area contributed by atoms with Gasteiger partial charge in [-0.1, -0.05) is 0 Å². The van der Waals surface area contributed by atoms with Gasteiger partial charge in [0.25, 0.3) is 0 Å². The van der Waals surface area contributed by atoms with E-state index in [0.29, 0.717) is 30.1 Å². The molecule has 7 nitrogen and oxygen atoms in total. The molecule has 9 heteroatoms. The summed E-state index contributed by atoms with van der Waals surface area (Å²) in [6.45, 7) is 4.25. The number of nitrogens with one attached hydrogen (secondary N) is 2. The Bertz CT molecular complexity index is 765. The number of nitrogens with zero attached hydrogens (tertiary/aromatic N) is 3. The van der Waals surface area contributed by atoms with Crippen LogP contribution in [0.5, 0.6) is 0 Å².